The number of carbonyl (C=O) groups is 1. The maximum absolute atomic E-state index is 12.4. The van der Waals surface area contributed by atoms with Crippen LogP contribution in [0.15, 0.2) is 23.1 Å². The summed E-state index contributed by atoms with van der Waals surface area (Å²) >= 11 is 0. The summed E-state index contributed by atoms with van der Waals surface area (Å²) in [4.78, 5) is 21.2. The molecule has 3 aromatic heterocycles. The van der Waals surface area contributed by atoms with Crippen LogP contribution < -0.4 is 16.4 Å². The van der Waals surface area contributed by atoms with Crippen LogP contribution in [-0.2, 0) is 26.5 Å². The Morgan fingerprint density at radius 3 is 2.52 bits per heavy atom. The number of fused-ring (bicyclic) bond motifs is 1. The van der Waals surface area contributed by atoms with Crippen molar-refractivity contribution in [2.24, 2.45) is 0 Å². The number of nitrogens with zero attached hydrogens (tertiary/aromatic N) is 4. The number of rotatable bonds is 4. The van der Waals surface area contributed by atoms with E-state index in [2.05, 4.69) is 57.3 Å². The number of urea groups is 1. The fraction of sp³-hybridized carbons (Fsp3) is 0.565. The molecule has 0 unspecified atom stereocenters. The van der Waals surface area contributed by atoms with E-state index in [9.17, 15) is 4.79 Å². The van der Waals surface area contributed by atoms with E-state index in [4.69, 9.17) is 10.3 Å². The molecular formula is C23H31N7O2Pt. The molecule has 0 aromatic carbocycles. The third kappa shape index (κ3) is 4.93. The number of anilines is 2. The van der Waals surface area contributed by atoms with E-state index in [0.29, 0.717) is 23.7 Å². The molecule has 3 heterocycles. The van der Waals surface area contributed by atoms with Crippen molar-refractivity contribution >= 4 is 28.8 Å². The second-order valence-corrected chi connectivity index (χ2v) is 10.2. The fourth-order valence-electron chi connectivity index (χ4n) is 4.65. The molecule has 33 heavy (non-hydrogen) atoms. The molecule has 0 radical (unpaired) electrons. The molecule has 4 N–H and O–H groups in total. The first kappa shape index (κ1) is 23.7. The minimum atomic E-state index is -0.256. The SMILES string of the molecule is CC(C)(C)c1cc(NC(=O)NC2CCC(c3cn(C4CC4)c4ncnc(N)c34)CC2)on1.[Pt]. The van der Waals surface area contributed by atoms with Gasteiger partial charge < -0.3 is 20.1 Å². The van der Waals surface area contributed by atoms with Gasteiger partial charge in [-0.3, -0.25) is 5.32 Å². The predicted molar refractivity (Wildman–Crippen MR) is 123 cm³/mol. The Bertz CT molecular complexity index is 1140. The summed E-state index contributed by atoms with van der Waals surface area (Å²) in [7, 11) is 0. The topological polar surface area (TPSA) is 124 Å². The average Bonchev–Trinajstić information content (AvgIpc) is 3.33. The zero-order valence-corrected chi connectivity index (χ0v) is 21.5. The Balaban J connectivity index is 0.00000259. The molecule has 3 aromatic rings. The van der Waals surface area contributed by atoms with Crippen LogP contribution in [0.25, 0.3) is 11.0 Å². The molecule has 2 saturated carbocycles. The summed E-state index contributed by atoms with van der Waals surface area (Å²) in [5.41, 5.74) is 9.14. The van der Waals surface area contributed by atoms with Crippen molar-refractivity contribution in [1.29, 1.82) is 0 Å². The molecule has 10 heteroatoms. The van der Waals surface area contributed by atoms with E-state index in [0.717, 1.165) is 42.4 Å². The number of nitrogens with two attached hydrogens (primary N) is 1. The van der Waals surface area contributed by atoms with E-state index >= 15 is 0 Å². The van der Waals surface area contributed by atoms with Gasteiger partial charge in [0.1, 0.15) is 17.8 Å². The predicted octanol–water partition coefficient (Wildman–Crippen LogP) is 4.48. The summed E-state index contributed by atoms with van der Waals surface area (Å²) in [5.74, 6) is 1.32. The van der Waals surface area contributed by atoms with Gasteiger partial charge >= 0.3 is 6.03 Å². The molecule has 0 bridgehead atoms. The molecule has 0 aliphatic heterocycles. The van der Waals surface area contributed by atoms with E-state index in [1.807, 2.05) is 0 Å². The largest absolute Gasteiger partial charge is 0.383 e. The summed E-state index contributed by atoms with van der Waals surface area (Å²) in [6.45, 7) is 6.15. The van der Waals surface area contributed by atoms with Crippen molar-refractivity contribution in [3.05, 3.63) is 29.8 Å². The van der Waals surface area contributed by atoms with Gasteiger partial charge in [-0.25, -0.2) is 14.8 Å². The molecule has 0 spiro atoms. The molecule has 180 valence electrons. The van der Waals surface area contributed by atoms with Crippen LogP contribution in [0.1, 0.15) is 82.5 Å². The van der Waals surface area contributed by atoms with E-state index in [1.54, 1.807) is 12.4 Å². The zero-order valence-electron chi connectivity index (χ0n) is 19.2. The maximum Gasteiger partial charge on any atom is 0.321 e. The number of aromatic nitrogens is 4. The van der Waals surface area contributed by atoms with Crippen LogP contribution in [0.5, 0.6) is 0 Å². The molecular weight excluding hydrogens is 601 g/mol. The molecule has 2 aliphatic carbocycles. The van der Waals surface area contributed by atoms with Crippen LogP contribution in [0.2, 0.25) is 0 Å². The Kier molecular flexibility index (Phi) is 6.54. The number of carbonyl (C=O) groups excluding carboxylic acids is 1. The summed E-state index contributed by atoms with van der Waals surface area (Å²) in [6, 6.07) is 2.19. The number of hydrogen-bond acceptors (Lipinski definition) is 6. The van der Waals surface area contributed by atoms with Crippen LogP contribution in [0.3, 0.4) is 0 Å². The molecule has 0 atom stereocenters. The van der Waals surface area contributed by atoms with Gasteiger partial charge in [-0.05, 0) is 50.0 Å². The van der Waals surface area contributed by atoms with Gasteiger partial charge in [0.05, 0.1) is 11.1 Å². The van der Waals surface area contributed by atoms with Crippen LogP contribution in [0.4, 0.5) is 16.5 Å². The smallest absolute Gasteiger partial charge is 0.321 e. The van der Waals surface area contributed by atoms with E-state index in [1.165, 1.54) is 18.4 Å². The first-order valence-corrected chi connectivity index (χ1v) is 11.4. The molecule has 2 amide bonds. The summed E-state index contributed by atoms with van der Waals surface area (Å²) in [6.07, 6.45) is 9.98. The molecule has 0 saturated heterocycles. The van der Waals surface area contributed by atoms with E-state index < -0.39 is 0 Å². The third-order valence-corrected chi connectivity index (χ3v) is 6.63. The van der Waals surface area contributed by atoms with Crippen molar-refractivity contribution < 1.29 is 30.4 Å². The quantitative estimate of drug-likeness (QED) is 0.390. The van der Waals surface area contributed by atoms with Crippen molar-refractivity contribution in [2.75, 3.05) is 11.1 Å². The summed E-state index contributed by atoms with van der Waals surface area (Å²) in [5, 5.41) is 10.9. The molecule has 2 fully saturated rings. The van der Waals surface area contributed by atoms with Crippen molar-refractivity contribution in [3.8, 4) is 0 Å². The van der Waals surface area contributed by atoms with Crippen molar-refractivity contribution in [2.45, 2.75) is 82.7 Å². The minimum Gasteiger partial charge on any atom is -0.383 e. The normalized spacial score (nSPS) is 20.9. The third-order valence-electron chi connectivity index (χ3n) is 6.63. The second-order valence-electron chi connectivity index (χ2n) is 10.2. The van der Waals surface area contributed by atoms with Crippen molar-refractivity contribution in [1.82, 2.24) is 25.0 Å². The molecule has 9 nitrogen and oxygen atoms in total. The summed E-state index contributed by atoms with van der Waals surface area (Å²) < 4.78 is 7.54. The molecule has 5 rings (SSSR count). The molecule has 2 aliphatic rings. The van der Waals surface area contributed by atoms with E-state index in [-0.39, 0.29) is 38.6 Å². The Morgan fingerprint density at radius 2 is 1.88 bits per heavy atom. The first-order valence-electron chi connectivity index (χ1n) is 11.4. The second kappa shape index (κ2) is 9.09. The number of hydrogen-bond donors (Lipinski definition) is 3. The zero-order chi connectivity index (χ0) is 22.5. The Labute approximate surface area is 207 Å². The number of nitrogens with one attached hydrogen (secondary N) is 2. The Hall–Kier alpha value is -2.41. The van der Waals surface area contributed by atoms with Crippen LogP contribution >= 0.6 is 0 Å². The van der Waals surface area contributed by atoms with Gasteiger partial charge in [-0.1, -0.05) is 25.9 Å². The van der Waals surface area contributed by atoms with Gasteiger partial charge in [-0.15, -0.1) is 0 Å². The number of nitrogen functional groups attached to an aromatic ring is 1. The average molecular weight is 633 g/mol. The van der Waals surface area contributed by atoms with Gasteiger partial charge in [0.15, 0.2) is 0 Å². The van der Waals surface area contributed by atoms with Gasteiger partial charge in [0.25, 0.3) is 0 Å². The monoisotopic (exact) mass is 632 g/mol. The van der Waals surface area contributed by atoms with Gasteiger partial charge in [-0.2, -0.15) is 0 Å². The maximum atomic E-state index is 12.4. The standard InChI is InChI=1S/C23H31N7O2.Pt/c1-23(2,3)17-10-18(32-29-17)28-22(31)27-14-6-4-13(5-7-14)16-11-30(15-8-9-15)21-19(16)20(24)25-12-26-21;/h10-15H,4-9H2,1-3H3,(H2,24,25,26)(H2,27,28,31);. The van der Waals surface area contributed by atoms with Crippen LogP contribution in [-0.4, -0.2) is 31.8 Å². The van der Waals surface area contributed by atoms with Gasteiger partial charge in [0, 0.05) is 50.8 Å². The fourth-order valence-corrected chi connectivity index (χ4v) is 4.65. The number of amides is 2. The van der Waals surface area contributed by atoms with Gasteiger partial charge in [0.2, 0.25) is 5.88 Å². The Morgan fingerprint density at radius 1 is 1.15 bits per heavy atom. The minimum absolute atomic E-state index is 0. The van der Waals surface area contributed by atoms with Crippen LogP contribution in [0, 0.1) is 0 Å². The van der Waals surface area contributed by atoms with Crippen molar-refractivity contribution in [3.63, 3.8) is 0 Å². The first-order chi connectivity index (χ1) is 15.3.